The Labute approximate surface area is 229 Å². The standard InChI is InChI=1S/C31H33N5O3/c1-3-24-21-29(30(32-23(24)2)39-28-15-8-5-9-16-28)36(25-11-6-4-7-12-25)33-31(38)35-19-17-34(18-20-35)26-13-10-14-27(37)22-26/h4-16,21-22,37H,3,17-20H2,1-2H3,(H,33,38). The van der Waals surface area contributed by atoms with Crippen molar-refractivity contribution in [3.63, 3.8) is 0 Å². The van der Waals surface area contributed by atoms with E-state index in [1.807, 2.05) is 85.8 Å². The topological polar surface area (TPSA) is 81.2 Å². The summed E-state index contributed by atoms with van der Waals surface area (Å²) in [5.41, 5.74) is 7.46. The second-order valence-electron chi connectivity index (χ2n) is 9.41. The first-order valence-corrected chi connectivity index (χ1v) is 13.2. The second-order valence-corrected chi connectivity index (χ2v) is 9.41. The summed E-state index contributed by atoms with van der Waals surface area (Å²) < 4.78 is 6.25. The number of aromatic nitrogens is 1. The van der Waals surface area contributed by atoms with E-state index in [-0.39, 0.29) is 11.8 Å². The summed E-state index contributed by atoms with van der Waals surface area (Å²) in [5, 5.41) is 11.6. The van der Waals surface area contributed by atoms with Crippen molar-refractivity contribution < 1.29 is 14.6 Å². The fourth-order valence-corrected chi connectivity index (χ4v) is 4.67. The maximum Gasteiger partial charge on any atom is 0.336 e. The summed E-state index contributed by atoms with van der Waals surface area (Å²) in [7, 11) is 0. The van der Waals surface area contributed by atoms with E-state index in [0.29, 0.717) is 43.5 Å². The number of aryl methyl sites for hydroxylation is 2. The van der Waals surface area contributed by atoms with Crippen LogP contribution in [0.5, 0.6) is 17.4 Å². The number of para-hydroxylation sites is 2. The van der Waals surface area contributed by atoms with Gasteiger partial charge in [-0.2, -0.15) is 0 Å². The minimum atomic E-state index is -0.210. The first-order chi connectivity index (χ1) is 19.0. The van der Waals surface area contributed by atoms with Gasteiger partial charge in [-0.1, -0.05) is 49.4 Å². The van der Waals surface area contributed by atoms with Gasteiger partial charge in [0.2, 0.25) is 5.88 Å². The predicted molar refractivity (Wildman–Crippen MR) is 154 cm³/mol. The Kier molecular flexibility index (Phi) is 7.82. The van der Waals surface area contributed by atoms with Crippen LogP contribution in [0.3, 0.4) is 0 Å². The molecule has 2 N–H and O–H groups in total. The number of rotatable bonds is 7. The lowest BCUT2D eigenvalue weighted by Gasteiger charge is -2.37. The Morgan fingerprint density at radius 1 is 0.949 bits per heavy atom. The molecule has 3 aromatic carbocycles. The van der Waals surface area contributed by atoms with Crippen molar-refractivity contribution in [1.29, 1.82) is 0 Å². The highest BCUT2D eigenvalue weighted by atomic mass is 16.5. The van der Waals surface area contributed by atoms with Crippen molar-refractivity contribution in [1.82, 2.24) is 15.3 Å². The van der Waals surface area contributed by atoms with Crippen LogP contribution in [0.25, 0.3) is 0 Å². The molecule has 0 saturated carbocycles. The molecule has 0 atom stereocenters. The SMILES string of the molecule is CCc1cc(N(NC(=O)N2CCN(c3cccc(O)c3)CC2)c2ccccc2)c(Oc2ccccc2)nc1C. The first kappa shape index (κ1) is 25.9. The average Bonchev–Trinajstić information content (AvgIpc) is 2.97. The van der Waals surface area contributed by atoms with Gasteiger partial charge in [0.25, 0.3) is 0 Å². The number of piperazine rings is 1. The molecule has 0 radical (unpaired) electrons. The number of nitrogens with zero attached hydrogens (tertiary/aromatic N) is 4. The van der Waals surface area contributed by atoms with Crippen LogP contribution in [0.15, 0.2) is 91.0 Å². The third-order valence-electron chi connectivity index (χ3n) is 6.83. The Morgan fingerprint density at radius 3 is 2.31 bits per heavy atom. The highest BCUT2D eigenvalue weighted by Gasteiger charge is 2.26. The van der Waals surface area contributed by atoms with Crippen LogP contribution in [-0.2, 0) is 6.42 Å². The molecule has 2 amide bonds. The summed E-state index contributed by atoms with van der Waals surface area (Å²) >= 11 is 0. The Bertz CT molecular complexity index is 1410. The molecule has 0 aliphatic carbocycles. The number of pyridine rings is 1. The van der Waals surface area contributed by atoms with Crippen LogP contribution >= 0.6 is 0 Å². The van der Waals surface area contributed by atoms with Crippen molar-refractivity contribution in [2.45, 2.75) is 20.3 Å². The molecule has 1 aliphatic heterocycles. The third-order valence-corrected chi connectivity index (χ3v) is 6.83. The van der Waals surface area contributed by atoms with E-state index in [4.69, 9.17) is 9.72 Å². The molecule has 39 heavy (non-hydrogen) atoms. The Morgan fingerprint density at radius 2 is 1.64 bits per heavy atom. The monoisotopic (exact) mass is 523 g/mol. The molecule has 1 aliphatic rings. The normalized spacial score (nSPS) is 13.2. The number of hydrazine groups is 1. The lowest BCUT2D eigenvalue weighted by Crippen LogP contribution is -2.54. The zero-order valence-corrected chi connectivity index (χ0v) is 22.2. The minimum Gasteiger partial charge on any atom is -0.508 e. The zero-order valence-electron chi connectivity index (χ0n) is 22.2. The summed E-state index contributed by atoms with van der Waals surface area (Å²) in [6.07, 6.45) is 0.797. The van der Waals surface area contributed by atoms with Gasteiger partial charge >= 0.3 is 6.03 Å². The van der Waals surface area contributed by atoms with Crippen molar-refractivity contribution >= 4 is 23.1 Å². The van der Waals surface area contributed by atoms with Gasteiger partial charge in [-0.05, 0) is 61.4 Å². The summed E-state index contributed by atoms with van der Waals surface area (Å²) in [6, 6.07) is 28.2. The average molecular weight is 524 g/mol. The van der Waals surface area contributed by atoms with Gasteiger partial charge in [0.05, 0.1) is 5.69 Å². The van der Waals surface area contributed by atoms with Crippen molar-refractivity contribution in [3.05, 3.63) is 102 Å². The van der Waals surface area contributed by atoms with Crippen molar-refractivity contribution in [2.75, 3.05) is 36.1 Å². The number of hydrogen-bond donors (Lipinski definition) is 2. The van der Waals surface area contributed by atoms with Crippen molar-refractivity contribution in [3.8, 4) is 17.4 Å². The molecular formula is C31H33N5O3. The fourth-order valence-electron chi connectivity index (χ4n) is 4.67. The maximum absolute atomic E-state index is 13.6. The van der Waals surface area contributed by atoms with Crippen LogP contribution in [0, 0.1) is 6.92 Å². The van der Waals surface area contributed by atoms with Crippen LogP contribution in [0.2, 0.25) is 0 Å². The number of carbonyl (C=O) groups is 1. The second kappa shape index (κ2) is 11.8. The molecule has 0 unspecified atom stereocenters. The number of ether oxygens (including phenoxy) is 1. The Hall–Kier alpha value is -4.72. The third kappa shape index (κ3) is 6.06. The Balaban J connectivity index is 1.42. The number of nitrogens with one attached hydrogen (secondary N) is 1. The first-order valence-electron chi connectivity index (χ1n) is 13.2. The number of phenols is 1. The largest absolute Gasteiger partial charge is 0.508 e. The predicted octanol–water partition coefficient (Wildman–Crippen LogP) is 6.04. The maximum atomic E-state index is 13.6. The molecule has 0 bridgehead atoms. The fraction of sp³-hybridized carbons (Fsp3) is 0.226. The van der Waals surface area contributed by atoms with E-state index >= 15 is 0 Å². The van der Waals surface area contributed by atoms with E-state index in [1.54, 1.807) is 22.0 Å². The van der Waals surface area contributed by atoms with Gasteiger partial charge in [0, 0.05) is 43.6 Å². The highest BCUT2D eigenvalue weighted by Crippen LogP contribution is 2.36. The van der Waals surface area contributed by atoms with Crippen LogP contribution < -0.4 is 20.1 Å². The minimum absolute atomic E-state index is 0.210. The lowest BCUT2D eigenvalue weighted by molar-refractivity contribution is 0.194. The summed E-state index contributed by atoms with van der Waals surface area (Å²) in [5.74, 6) is 1.31. The molecule has 5 rings (SSSR count). The zero-order chi connectivity index (χ0) is 27.2. The van der Waals surface area contributed by atoms with E-state index < -0.39 is 0 Å². The van der Waals surface area contributed by atoms with Gasteiger partial charge < -0.3 is 19.6 Å². The molecule has 200 valence electrons. The van der Waals surface area contributed by atoms with Crippen LogP contribution in [0.4, 0.5) is 21.9 Å². The van der Waals surface area contributed by atoms with E-state index in [2.05, 4.69) is 17.2 Å². The molecule has 8 nitrogen and oxygen atoms in total. The lowest BCUT2D eigenvalue weighted by atomic mass is 10.1. The van der Waals surface area contributed by atoms with Crippen LogP contribution in [0.1, 0.15) is 18.2 Å². The van der Waals surface area contributed by atoms with E-state index in [0.717, 1.165) is 29.1 Å². The van der Waals surface area contributed by atoms with E-state index in [1.165, 1.54) is 0 Å². The number of benzene rings is 3. The molecule has 1 saturated heterocycles. The van der Waals surface area contributed by atoms with Gasteiger partial charge in [-0.15, -0.1) is 0 Å². The number of aromatic hydroxyl groups is 1. The molecule has 2 heterocycles. The van der Waals surface area contributed by atoms with Gasteiger partial charge in [0.1, 0.15) is 17.2 Å². The number of urea groups is 1. The van der Waals surface area contributed by atoms with Gasteiger partial charge in [0.15, 0.2) is 0 Å². The van der Waals surface area contributed by atoms with Gasteiger partial charge in [-0.3, -0.25) is 0 Å². The van der Waals surface area contributed by atoms with Crippen molar-refractivity contribution in [2.24, 2.45) is 0 Å². The quantitative estimate of drug-likeness (QED) is 0.288. The molecule has 8 heteroatoms. The van der Waals surface area contributed by atoms with Gasteiger partial charge in [-0.25, -0.2) is 20.2 Å². The molecule has 0 spiro atoms. The van der Waals surface area contributed by atoms with Crippen LogP contribution in [-0.4, -0.2) is 47.2 Å². The number of carbonyl (C=O) groups excluding carboxylic acids is 1. The molecular weight excluding hydrogens is 490 g/mol. The summed E-state index contributed by atoms with van der Waals surface area (Å²) in [4.78, 5) is 22.4. The highest BCUT2D eigenvalue weighted by molar-refractivity contribution is 5.81. The summed E-state index contributed by atoms with van der Waals surface area (Å²) in [6.45, 7) is 6.47. The van der Waals surface area contributed by atoms with E-state index in [9.17, 15) is 9.90 Å². The number of hydrogen-bond acceptors (Lipinski definition) is 6. The number of anilines is 3. The molecule has 1 aromatic heterocycles. The molecule has 1 fully saturated rings. The molecule has 4 aromatic rings. The number of phenolic OH excluding ortho intramolecular Hbond substituents is 1. The number of amides is 2. The smallest absolute Gasteiger partial charge is 0.336 e.